The van der Waals surface area contributed by atoms with Crippen LogP contribution in [0, 0.1) is 0 Å². The van der Waals surface area contributed by atoms with Gasteiger partial charge in [-0.05, 0) is 57.3 Å². The number of aromatic nitrogens is 4. The van der Waals surface area contributed by atoms with Gasteiger partial charge in [-0.3, -0.25) is 4.68 Å². The minimum absolute atomic E-state index is 0.0975. The number of hydrogen-bond acceptors (Lipinski definition) is 8. The summed E-state index contributed by atoms with van der Waals surface area (Å²) in [7, 11) is 0. The van der Waals surface area contributed by atoms with Crippen molar-refractivity contribution in [2.45, 2.75) is 81.1 Å². The molecule has 0 aromatic carbocycles. The molecule has 2 aliphatic carbocycles. The van der Waals surface area contributed by atoms with Crippen LogP contribution in [0.2, 0.25) is 0 Å². The van der Waals surface area contributed by atoms with Crippen LogP contribution in [-0.4, -0.2) is 56.1 Å². The van der Waals surface area contributed by atoms with Crippen molar-refractivity contribution in [1.82, 2.24) is 24.6 Å². The molecule has 3 aromatic rings. The zero-order valence-electron chi connectivity index (χ0n) is 21.4. The molecule has 3 aliphatic rings. The van der Waals surface area contributed by atoms with Gasteiger partial charge in [0.05, 0.1) is 21.5 Å². The van der Waals surface area contributed by atoms with Crippen molar-refractivity contribution in [3.05, 3.63) is 29.6 Å². The van der Waals surface area contributed by atoms with Crippen LogP contribution in [0.5, 0.6) is 5.06 Å². The van der Waals surface area contributed by atoms with Gasteiger partial charge in [0.25, 0.3) is 0 Å². The van der Waals surface area contributed by atoms with Crippen LogP contribution in [0.3, 0.4) is 0 Å². The third kappa shape index (κ3) is 5.53. The number of alkyl halides is 3. The number of likely N-dealkylation sites (tertiary alicyclic amines) is 1. The molecule has 1 saturated heterocycles. The van der Waals surface area contributed by atoms with Crippen molar-refractivity contribution in [2.75, 3.05) is 24.7 Å². The number of thioether (sulfide) groups is 1. The van der Waals surface area contributed by atoms with E-state index in [1.807, 2.05) is 17.9 Å². The molecule has 2 saturated carbocycles. The van der Waals surface area contributed by atoms with Gasteiger partial charge in [0.2, 0.25) is 5.95 Å². The summed E-state index contributed by atoms with van der Waals surface area (Å²) in [6, 6.07) is 2.82. The Hall–Kier alpha value is -2.31. The lowest BCUT2D eigenvalue weighted by Gasteiger charge is -2.32. The Kier molecular flexibility index (Phi) is 7.06. The highest BCUT2D eigenvalue weighted by molar-refractivity contribution is 7.98. The van der Waals surface area contributed by atoms with Crippen LogP contribution in [-0.2, 0) is 12.6 Å². The first-order valence-corrected chi connectivity index (χ1v) is 15.2. The number of rotatable bonds is 9. The summed E-state index contributed by atoms with van der Waals surface area (Å²) in [5.74, 6) is 0.692. The van der Waals surface area contributed by atoms with Gasteiger partial charge in [0.15, 0.2) is 10.9 Å². The van der Waals surface area contributed by atoms with Crippen molar-refractivity contribution < 1.29 is 17.9 Å². The minimum Gasteiger partial charge on any atom is -0.480 e. The average Bonchev–Trinajstić information content (AvgIpc) is 3.83. The topological polar surface area (TPSA) is 68.1 Å². The van der Waals surface area contributed by atoms with Gasteiger partial charge < -0.3 is 15.0 Å². The Balaban J connectivity index is 1.27. The van der Waals surface area contributed by atoms with Gasteiger partial charge in [0, 0.05) is 37.1 Å². The fourth-order valence-corrected chi connectivity index (χ4v) is 6.79. The summed E-state index contributed by atoms with van der Waals surface area (Å²) in [5, 5.41) is 8.57. The molecule has 38 heavy (non-hydrogen) atoms. The number of piperidine rings is 1. The SMILES string of the molecule is CCc1cn(C2CCN(C3CC3)CC2)nc1Nc1ncc(C(F)(F)F)c(-c2cc(SC)c(OC3CC3)s2)n1. The molecule has 204 valence electrons. The predicted molar refractivity (Wildman–Crippen MR) is 144 cm³/mol. The largest absolute Gasteiger partial charge is 0.480 e. The van der Waals surface area contributed by atoms with Gasteiger partial charge in [-0.15, -0.1) is 11.8 Å². The first-order valence-electron chi connectivity index (χ1n) is 13.2. The van der Waals surface area contributed by atoms with Crippen LogP contribution < -0.4 is 10.1 Å². The lowest BCUT2D eigenvalue weighted by Crippen LogP contribution is -2.36. The van der Waals surface area contributed by atoms with E-state index in [9.17, 15) is 13.2 Å². The molecule has 0 spiro atoms. The van der Waals surface area contributed by atoms with Crippen LogP contribution >= 0.6 is 23.1 Å². The quantitative estimate of drug-likeness (QED) is 0.287. The number of hydrogen-bond donors (Lipinski definition) is 1. The summed E-state index contributed by atoms with van der Waals surface area (Å²) < 4.78 is 49.9. The second kappa shape index (κ2) is 10.3. The lowest BCUT2D eigenvalue weighted by atomic mass is 10.1. The van der Waals surface area contributed by atoms with E-state index >= 15 is 0 Å². The number of nitrogens with one attached hydrogen (secondary N) is 1. The molecule has 3 fully saturated rings. The maximum absolute atomic E-state index is 14.0. The van der Waals surface area contributed by atoms with E-state index < -0.39 is 11.7 Å². The summed E-state index contributed by atoms with van der Waals surface area (Å²) in [6.45, 7) is 4.20. The molecule has 6 rings (SSSR count). The summed E-state index contributed by atoms with van der Waals surface area (Å²) >= 11 is 2.66. The van der Waals surface area contributed by atoms with Gasteiger partial charge >= 0.3 is 6.18 Å². The Morgan fingerprint density at radius 3 is 2.53 bits per heavy atom. The zero-order valence-corrected chi connectivity index (χ0v) is 23.1. The molecular weight excluding hydrogens is 533 g/mol. The molecule has 0 atom stereocenters. The highest BCUT2D eigenvalue weighted by Gasteiger charge is 2.37. The smallest absolute Gasteiger partial charge is 0.420 e. The average molecular weight is 565 g/mol. The van der Waals surface area contributed by atoms with Gasteiger partial charge in [-0.25, -0.2) is 9.97 Å². The van der Waals surface area contributed by atoms with Crippen LogP contribution in [0.25, 0.3) is 10.6 Å². The Labute approximate surface area is 228 Å². The number of thiophene rings is 1. The normalized spacial score (nSPS) is 19.2. The van der Waals surface area contributed by atoms with E-state index in [0.717, 1.165) is 67.9 Å². The first-order chi connectivity index (χ1) is 18.3. The predicted octanol–water partition coefficient (Wildman–Crippen LogP) is 6.79. The fraction of sp³-hybridized carbons (Fsp3) is 0.577. The van der Waals surface area contributed by atoms with Gasteiger partial charge in [0.1, 0.15) is 11.7 Å². The molecule has 1 aliphatic heterocycles. The van der Waals surface area contributed by atoms with Crippen molar-refractivity contribution in [2.24, 2.45) is 0 Å². The monoisotopic (exact) mass is 564 g/mol. The second-order valence-corrected chi connectivity index (χ2v) is 12.1. The van der Waals surface area contributed by atoms with Crippen LogP contribution in [0.1, 0.15) is 62.6 Å². The standard InChI is InChI=1S/C26H31F3N6OS2/c1-3-15-14-35(17-8-10-34(11-9-17)16-4-5-16)33-23(15)32-25-30-13-19(26(27,28)29)22(31-25)20-12-21(37-2)24(38-20)36-18-6-7-18/h12-14,16-18H,3-11H2,1-2H3,(H,30,31,32,33). The highest BCUT2D eigenvalue weighted by atomic mass is 32.2. The summed E-state index contributed by atoms with van der Waals surface area (Å²) in [6.07, 6.45) is 7.78. The van der Waals surface area contributed by atoms with Crippen LogP contribution in [0.15, 0.2) is 23.4 Å². The molecule has 1 N–H and O–H groups in total. The molecule has 3 aromatic heterocycles. The first kappa shape index (κ1) is 25.9. The minimum atomic E-state index is -4.58. The summed E-state index contributed by atoms with van der Waals surface area (Å²) in [4.78, 5) is 12.2. The van der Waals surface area contributed by atoms with Crippen molar-refractivity contribution in [1.29, 1.82) is 0 Å². The van der Waals surface area contributed by atoms with Crippen molar-refractivity contribution >= 4 is 34.9 Å². The molecule has 0 unspecified atom stereocenters. The molecule has 0 radical (unpaired) electrons. The number of anilines is 2. The van der Waals surface area contributed by atoms with Gasteiger partial charge in [-0.1, -0.05) is 18.3 Å². The number of aryl methyl sites for hydroxylation is 1. The highest BCUT2D eigenvalue weighted by Crippen LogP contribution is 2.46. The third-order valence-electron chi connectivity index (χ3n) is 7.37. The van der Waals surface area contributed by atoms with E-state index in [-0.39, 0.29) is 17.7 Å². The maximum atomic E-state index is 14.0. The number of nitrogens with zero attached hydrogens (tertiary/aromatic N) is 5. The van der Waals surface area contributed by atoms with E-state index in [1.54, 1.807) is 6.07 Å². The number of ether oxygens (including phenoxy) is 1. The molecular formula is C26H31F3N6OS2. The Morgan fingerprint density at radius 1 is 1.13 bits per heavy atom. The maximum Gasteiger partial charge on any atom is 0.420 e. The second-order valence-electron chi connectivity index (χ2n) is 10.2. The third-order valence-corrected chi connectivity index (χ3v) is 9.27. The van der Waals surface area contributed by atoms with E-state index in [2.05, 4.69) is 26.4 Å². The zero-order chi connectivity index (χ0) is 26.4. The molecule has 7 nitrogen and oxygen atoms in total. The van der Waals surface area contributed by atoms with E-state index in [1.165, 1.54) is 35.9 Å². The molecule has 0 bridgehead atoms. The summed E-state index contributed by atoms with van der Waals surface area (Å²) in [5.41, 5.74) is -0.0231. The number of halogens is 3. The molecule has 0 amide bonds. The lowest BCUT2D eigenvalue weighted by molar-refractivity contribution is -0.137. The van der Waals surface area contributed by atoms with Gasteiger partial charge in [-0.2, -0.15) is 18.3 Å². The van der Waals surface area contributed by atoms with Crippen molar-refractivity contribution in [3.63, 3.8) is 0 Å². The van der Waals surface area contributed by atoms with E-state index in [4.69, 9.17) is 9.84 Å². The molecule has 12 heteroatoms. The fourth-order valence-electron chi connectivity index (χ4n) is 4.91. The van der Waals surface area contributed by atoms with E-state index in [0.29, 0.717) is 21.8 Å². The Bertz CT molecular complexity index is 1290. The van der Waals surface area contributed by atoms with Crippen molar-refractivity contribution in [3.8, 4) is 15.6 Å². The molecule has 4 heterocycles. The van der Waals surface area contributed by atoms with Crippen LogP contribution in [0.4, 0.5) is 24.9 Å². The Morgan fingerprint density at radius 2 is 1.89 bits per heavy atom.